The van der Waals surface area contributed by atoms with Crippen molar-refractivity contribution in [1.29, 1.82) is 0 Å². The second-order valence-corrected chi connectivity index (χ2v) is 3.95. The molecule has 0 saturated heterocycles. The molecule has 0 aliphatic heterocycles. The summed E-state index contributed by atoms with van der Waals surface area (Å²) >= 11 is 0. The maximum absolute atomic E-state index is 10.2. The number of ether oxygens (including phenoxy) is 1. The molecule has 0 unspecified atom stereocenters. The van der Waals surface area contributed by atoms with E-state index in [1.807, 2.05) is 13.1 Å². The Morgan fingerprint density at radius 2 is 2.00 bits per heavy atom. The standard InChI is InChI=1S/C4H10O3Si/c1-6-4(5)7-8(2)3/h8H,1-3H3. The molecule has 0 aromatic rings. The summed E-state index contributed by atoms with van der Waals surface area (Å²) in [5, 5.41) is 0. The summed E-state index contributed by atoms with van der Waals surface area (Å²) in [6.45, 7) is 3.80. The third-order valence-electron chi connectivity index (χ3n) is 0.499. The molecule has 0 radical (unpaired) electrons. The molecule has 0 aromatic carbocycles. The highest BCUT2D eigenvalue weighted by molar-refractivity contribution is 6.50. The van der Waals surface area contributed by atoms with Gasteiger partial charge < -0.3 is 9.16 Å². The molecule has 48 valence electrons. The fourth-order valence-electron chi connectivity index (χ4n) is 0.241. The molecule has 0 aromatic heterocycles. The van der Waals surface area contributed by atoms with Gasteiger partial charge >= 0.3 is 6.16 Å². The third kappa shape index (κ3) is 3.67. The molecular weight excluding hydrogens is 124 g/mol. The number of carbonyl (C=O) groups is 1. The number of hydrogen-bond donors (Lipinski definition) is 0. The molecule has 4 heteroatoms. The number of carbonyl (C=O) groups excluding carboxylic acids is 1. The minimum atomic E-state index is -1.22. The van der Waals surface area contributed by atoms with Crippen LogP contribution in [0.3, 0.4) is 0 Å². The SMILES string of the molecule is COC(=O)O[SiH](C)C. The first-order chi connectivity index (χ1) is 3.66. The van der Waals surface area contributed by atoms with Gasteiger partial charge in [0.25, 0.3) is 0 Å². The van der Waals surface area contributed by atoms with Crippen molar-refractivity contribution in [3.05, 3.63) is 0 Å². The van der Waals surface area contributed by atoms with Crippen molar-refractivity contribution in [3.63, 3.8) is 0 Å². The van der Waals surface area contributed by atoms with Gasteiger partial charge in [0.15, 0.2) is 0 Å². The summed E-state index contributed by atoms with van der Waals surface area (Å²) in [4.78, 5) is 10.2. The lowest BCUT2D eigenvalue weighted by Crippen LogP contribution is -2.14. The zero-order chi connectivity index (χ0) is 6.57. The van der Waals surface area contributed by atoms with E-state index in [-0.39, 0.29) is 0 Å². The summed E-state index contributed by atoms with van der Waals surface area (Å²) in [5.74, 6) is 0. The lowest BCUT2D eigenvalue weighted by atomic mass is 11.4. The van der Waals surface area contributed by atoms with Crippen LogP contribution in [0.5, 0.6) is 0 Å². The van der Waals surface area contributed by atoms with Gasteiger partial charge in [0, 0.05) is 0 Å². The van der Waals surface area contributed by atoms with E-state index in [0.717, 1.165) is 0 Å². The Morgan fingerprint density at radius 3 is 2.12 bits per heavy atom. The monoisotopic (exact) mass is 134 g/mol. The van der Waals surface area contributed by atoms with Gasteiger partial charge in [0.05, 0.1) is 7.11 Å². The molecule has 8 heavy (non-hydrogen) atoms. The molecular formula is C4H10O3Si. The Labute approximate surface area is 50.3 Å². The van der Waals surface area contributed by atoms with Crippen molar-refractivity contribution >= 4 is 15.2 Å². The van der Waals surface area contributed by atoms with Crippen LogP contribution in [-0.4, -0.2) is 22.3 Å². The molecule has 0 atom stereocenters. The summed E-state index contributed by atoms with van der Waals surface area (Å²) in [6.07, 6.45) is -0.563. The summed E-state index contributed by atoms with van der Waals surface area (Å²) in [7, 11) is 0.0841. The van der Waals surface area contributed by atoms with Crippen LogP contribution < -0.4 is 0 Å². The van der Waals surface area contributed by atoms with Gasteiger partial charge in [0.2, 0.25) is 9.04 Å². The van der Waals surface area contributed by atoms with Crippen LogP contribution in [0.15, 0.2) is 0 Å². The van der Waals surface area contributed by atoms with Gasteiger partial charge in [-0.3, -0.25) is 0 Å². The molecule has 0 heterocycles. The average Bonchev–Trinajstić information content (AvgIpc) is 1.65. The number of rotatable bonds is 1. The van der Waals surface area contributed by atoms with E-state index in [1.54, 1.807) is 0 Å². The molecule has 0 spiro atoms. The number of hydrogen-bond acceptors (Lipinski definition) is 3. The van der Waals surface area contributed by atoms with E-state index in [1.165, 1.54) is 7.11 Å². The van der Waals surface area contributed by atoms with Crippen molar-refractivity contribution < 1.29 is 14.0 Å². The van der Waals surface area contributed by atoms with E-state index in [2.05, 4.69) is 9.16 Å². The lowest BCUT2D eigenvalue weighted by molar-refractivity contribution is 0.121. The first-order valence-electron chi connectivity index (χ1n) is 2.41. The maximum Gasteiger partial charge on any atom is 0.493 e. The summed E-state index contributed by atoms with van der Waals surface area (Å²) < 4.78 is 8.91. The molecule has 0 saturated carbocycles. The Kier molecular flexibility index (Phi) is 3.26. The highest BCUT2D eigenvalue weighted by Crippen LogP contribution is 1.86. The van der Waals surface area contributed by atoms with Crippen molar-refractivity contribution in [2.45, 2.75) is 13.1 Å². The minimum Gasteiger partial charge on any atom is -0.492 e. The van der Waals surface area contributed by atoms with Crippen LogP contribution >= 0.6 is 0 Å². The summed E-state index contributed by atoms with van der Waals surface area (Å²) in [6, 6.07) is 0. The average molecular weight is 134 g/mol. The van der Waals surface area contributed by atoms with Crippen molar-refractivity contribution in [2.75, 3.05) is 7.11 Å². The fourth-order valence-corrected chi connectivity index (χ4v) is 0.722. The quantitative estimate of drug-likeness (QED) is 0.392. The predicted molar refractivity (Wildman–Crippen MR) is 32.4 cm³/mol. The molecule has 0 bridgehead atoms. The van der Waals surface area contributed by atoms with E-state index >= 15 is 0 Å². The highest BCUT2D eigenvalue weighted by atomic mass is 28.3. The zero-order valence-corrected chi connectivity index (χ0v) is 6.46. The van der Waals surface area contributed by atoms with Gasteiger partial charge in [-0.2, -0.15) is 0 Å². The second kappa shape index (κ2) is 3.48. The second-order valence-electron chi connectivity index (χ2n) is 1.62. The Balaban J connectivity index is 3.25. The minimum absolute atomic E-state index is 0.563. The Hall–Kier alpha value is -0.513. The molecule has 3 nitrogen and oxygen atoms in total. The van der Waals surface area contributed by atoms with Crippen molar-refractivity contribution in [2.24, 2.45) is 0 Å². The van der Waals surface area contributed by atoms with Crippen molar-refractivity contribution in [1.82, 2.24) is 0 Å². The molecule has 0 fully saturated rings. The predicted octanol–water partition coefficient (Wildman–Crippen LogP) is 0.753. The van der Waals surface area contributed by atoms with E-state index in [0.29, 0.717) is 0 Å². The van der Waals surface area contributed by atoms with Gasteiger partial charge in [-0.05, 0) is 13.1 Å². The summed E-state index contributed by atoms with van der Waals surface area (Å²) in [5.41, 5.74) is 0. The van der Waals surface area contributed by atoms with Crippen LogP contribution in [0.2, 0.25) is 13.1 Å². The van der Waals surface area contributed by atoms with Gasteiger partial charge in [-0.15, -0.1) is 0 Å². The maximum atomic E-state index is 10.2. The molecule has 0 rings (SSSR count). The van der Waals surface area contributed by atoms with Crippen LogP contribution in [0, 0.1) is 0 Å². The van der Waals surface area contributed by atoms with Gasteiger partial charge in [-0.25, -0.2) is 4.79 Å². The number of methoxy groups -OCH3 is 1. The van der Waals surface area contributed by atoms with Crippen LogP contribution in [0.4, 0.5) is 4.79 Å². The zero-order valence-electron chi connectivity index (χ0n) is 5.30. The lowest BCUT2D eigenvalue weighted by Gasteiger charge is -2.03. The van der Waals surface area contributed by atoms with Gasteiger partial charge in [0.1, 0.15) is 0 Å². The normalized spacial score (nSPS) is 9.00. The molecule has 0 aliphatic carbocycles. The highest BCUT2D eigenvalue weighted by Gasteiger charge is 2.02. The van der Waals surface area contributed by atoms with Crippen LogP contribution in [-0.2, 0) is 9.16 Å². The van der Waals surface area contributed by atoms with E-state index in [9.17, 15) is 4.79 Å². The first kappa shape index (κ1) is 7.49. The Bertz CT molecular complexity index is 81.4. The Morgan fingerprint density at radius 1 is 1.50 bits per heavy atom. The molecule has 0 N–H and O–H groups in total. The van der Waals surface area contributed by atoms with Crippen molar-refractivity contribution in [3.8, 4) is 0 Å². The first-order valence-corrected chi connectivity index (χ1v) is 5.19. The third-order valence-corrected chi connectivity index (χ3v) is 1.16. The molecule has 0 amide bonds. The fraction of sp³-hybridized carbons (Fsp3) is 0.750. The molecule has 0 aliphatic rings. The van der Waals surface area contributed by atoms with Crippen LogP contribution in [0.1, 0.15) is 0 Å². The van der Waals surface area contributed by atoms with Crippen LogP contribution in [0.25, 0.3) is 0 Å². The van der Waals surface area contributed by atoms with E-state index in [4.69, 9.17) is 0 Å². The van der Waals surface area contributed by atoms with Gasteiger partial charge in [-0.1, -0.05) is 0 Å². The smallest absolute Gasteiger partial charge is 0.492 e. The van der Waals surface area contributed by atoms with E-state index < -0.39 is 15.2 Å². The topological polar surface area (TPSA) is 35.5 Å². The largest absolute Gasteiger partial charge is 0.493 e.